The number of carbonyl (C=O) groups excluding carboxylic acids is 1. The van der Waals surface area contributed by atoms with Gasteiger partial charge in [0.2, 0.25) is 5.95 Å². The Morgan fingerprint density at radius 2 is 2.04 bits per heavy atom. The molecule has 0 radical (unpaired) electrons. The number of anilines is 2. The number of halogens is 1. The highest BCUT2D eigenvalue weighted by atomic mass is 79.9. The van der Waals surface area contributed by atoms with Crippen LogP contribution in [0.2, 0.25) is 0 Å². The molecule has 2 aromatic heterocycles. The number of hydrogen-bond donors (Lipinski definition) is 2. The predicted molar refractivity (Wildman–Crippen MR) is 90.2 cm³/mol. The lowest BCUT2D eigenvalue weighted by atomic mass is 10.3. The van der Waals surface area contributed by atoms with Crippen LogP contribution in [0.5, 0.6) is 0 Å². The van der Waals surface area contributed by atoms with Crippen molar-refractivity contribution in [2.45, 2.75) is 6.54 Å². The first-order valence-corrected chi connectivity index (χ1v) is 7.67. The zero-order valence-electron chi connectivity index (χ0n) is 12.0. The number of para-hydroxylation sites is 1. The van der Waals surface area contributed by atoms with Crippen LogP contribution in [-0.2, 0) is 6.54 Å². The van der Waals surface area contributed by atoms with E-state index in [9.17, 15) is 4.79 Å². The van der Waals surface area contributed by atoms with Gasteiger partial charge in [-0.3, -0.25) is 4.79 Å². The van der Waals surface area contributed by atoms with Crippen LogP contribution in [0.25, 0.3) is 0 Å². The summed E-state index contributed by atoms with van der Waals surface area (Å²) in [6.07, 6.45) is 3.13. The van der Waals surface area contributed by atoms with Crippen molar-refractivity contribution >= 4 is 33.5 Å². The normalized spacial score (nSPS) is 10.3. The molecule has 0 saturated heterocycles. The maximum Gasteiger partial charge on any atom is 0.274 e. The summed E-state index contributed by atoms with van der Waals surface area (Å²) in [7, 11) is 0. The number of nitrogens with one attached hydrogen (secondary N) is 2. The molecule has 0 saturated carbocycles. The number of benzene rings is 1. The van der Waals surface area contributed by atoms with Crippen molar-refractivity contribution < 1.29 is 9.21 Å². The second-order valence-corrected chi connectivity index (χ2v) is 5.49. The highest BCUT2D eigenvalue weighted by Crippen LogP contribution is 2.21. The van der Waals surface area contributed by atoms with Gasteiger partial charge in [0.15, 0.2) is 0 Å². The molecule has 0 unspecified atom stereocenters. The lowest BCUT2D eigenvalue weighted by Gasteiger charge is -2.08. The molecule has 23 heavy (non-hydrogen) atoms. The number of carbonyl (C=O) groups is 1. The first kappa shape index (κ1) is 15.2. The van der Waals surface area contributed by atoms with Crippen LogP contribution in [0, 0.1) is 0 Å². The number of nitrogens with zero attached hydrogens (tertiary/aromatic N) is 2. The Hall–Kier alpha value is -2.67. The molecular weight excluding hydrogens is 360 g/mol. The van der Waals surface area contributed by atoms with Gasteiger partial charge >= 0.3 is 0 Å². The first-order valence-electron chi connectivity index (χ1n) is 6.87. The van der Waals surface area contributed by atoms with E-state index in [2.05, 4.69) is 36.5 Å². The number of rotatable bonds is 5. The van der Waals surface area contributed by atoms with Crippen LogP contribution in [0.3, 0.4) is 0 Å². The summed E-state index contributed by atoms with van der Waals surface area (Å²) in [5.74, 6) is 0.818. The Kier molecular flexibility index (Phi) is 4.68. The van der Waals surface area contributed by atoms with Gasteiger partial charge in [0.1, 0.15) is 11.5 Å². The highest BCUT2D eigenvalue weighted by Gasteiger charge is 2.10. The van der Waals surface area contributed by atoms with E-state index in [0.29, 0.717) is 18.2 Å². The van der Waals surface area contributed by atoms with Gasteiger partial charge in [-0.1, -0.05) is 12.1 Å². The molecule has 0 atom stereocenters. The Balaban J connectivity index is 1.69. The summed E-state index contributed by atoms with van der Waals surface area (Å²) in [6, 6.07) is 12.6. The Morgan fingerprint density at radius 3 is 2.83 bits per heavy atom. The fourth-order valence-electron chi connectivity index (χ4n) is 1.90. The van der Waals surface area contributed by atoms with Crippen molar-refractivity contribution in [2.24, 2.45) is 0 Å². The molecule has 7 heteroatoms. The standard InChI is InChI=1S/C16H13BrN4O2/c17-12-5-1-2-6-13(12)20-15(22)14-7-8-18-16(21-14)19-10-11-4-3-9-23-11/h1-9H,10H2,(H,20,22)(H,18,19,21). The summed E-state index contributed by atoms with van der Waals surface area (Å²) in [4.78, 5) is 20.6. The smallest absolute Gasteiger partial charge is 0.274 e. The molecule has 1 aromatic carbocycles. The fraction of sp³-hybridized carbons (Fsp3) is 0.0625. The van der Waals surface area contributed by atoms with Gasteiger partial charge < -0.3 is 15.1 Å². The van der Waals surface area contributed by atoms with E-state index in [1.165, 1.54) is 6.20 Å². The molecule has 0 aliphatic heterocycles. The zero-order chi connectivity index (χ0) is 16.1. The SMILES string of the molecule is O=C(Nc1ccccc1Br)c1ccnc(NCc2ccco2)n1. The second-order valence-electron chi connectivity index (χ2n) is 4.63. The minimum atomic E-state index is -0.305. The van der Waals surface area contributed by atoms with Crippen LogP contribution in [0.1, 0.15) is 16.2 Å². The minimum Gasteiger partial charge on any atom is -0.467 e. The number of aromatic nitrogens is 2. The molecule has 0 fully saturated rings. The maximum absolute atomic E-state index is 12.3. The molecule has 0 bridgehead atoms. The average molecular weight is 373 g/mol. The maximum atomic E-state index is 12.3. The third-order valence-electron chi connectivity index (χ3n) is 3.01. The van der Waals surface area contributed by atoms with Crippen molar-refractivity contribution in [1.29, 1.82) is 0 Å². The summed E-state index contributed by atoms with van der Waals surface area (Å²) in [6.45, 7) is 0.447. The zero-order valence-corrected chi connectivity index (χ0v) is 13.6. The van der Waals surface area contributed by atoms with Crippen LogP contribution in [0.4, 0.5) is 11.6 Å². The molecule has 3 rings (SSSR count). The predicted octanol–water partition coefficient (Wildman–Crippen LogP) is 3.70. The van der Waals surface area contributed by atoms with Gasteiger partial charge in [0.25, 0.3) is 5.91 Å². The Labute approximate surface area is 141 Å². The summed E-state index contributed by atoms with van der Waals surface area (Å²) in [5, 5.41) is 5.81. The Morgan fingerprint density at radius 1 is 1.17 bits per heavy atom. The molecular formula is C16H13BrN4O2. The van der Waals surface area contributed by atoms with Crippen LogP contribution in [0.15, 0.2) is 63.8 Å². The quantitative estimate of drug-likeness (QED) is 0.713. The molecule has 0 aliphatic rings. The van der Waals surface area contributed by atoms with Crippen molar-refractivity contribution in [3.8, 4) is 0 Å². The van der Waals surface area contributed by atoms with Gasteiger partial charge in [-0.05, 0) is 46.3 Å². The van der Waals surface area contributed by atoms with Gasteiger partial charge in [-0.2, -0.15) is 0 Å². The van der Waals surface area contributed by atoms with E-state index < -0.39 is 0 Å². The van der Waals surface area contributed by atoms with E-state index in [-0.39, 0.29) is 11.6 Å². The third-order valence-corrected chi connectivity index (χ3v) is 3.70. The van der Waals surface area contributed by atoms with Crippen LogP contribution >= 0.6 is 15.9 Å². The summed E-state index contributed by atoms with van der Waals surface area (Å²) < 4.78 is 6.03. The van der Waals surface area contributed by atoms with Crippen molar-refractivity contribution in [3.63, 3.8) is 0 Å². The topological polar surface area (TPSA) is 80.0 Å². The first-order chi connectivity index (χ1) is 11.2. The van der Waals surface area contributed by atoms with E-state index >= 15 is 0 Å². The number of hydrogen-bond acceptors (Lipinski definition) is 5. The molecule has 2 heterocycles. The Bertz CT molecular complexity index is 805. The van der Waals surface area contributed by atoms with Crippen LogP contribution in [-0.4, -0.2) is 15.9 Å². The van der Waals surface area contributed by atoms with E-state index in [1.807, 2.05) is 24.3 Å². The largest absolute Gasteiger partial charge is 0.467 e. The van der Waals surface area contributed by atoms with Crippen molar-refractivity contribution in [2.75, 3.05) is 10.6 Å². The van der Waals surface area contributed by atoms with Crippen molar-refractivity contribution in [1.82, 2.24) is 9.97 Å². The van der Waals surface area contributed by atoms with Gasteiger partial charge in [0, 0.05) is 10.7 Å². The number of furan rings is 1. The van der Waals surface area contributed by atoms with E-state index in [1.54, 1.807) is 24.5 Å². The van der Waals surface area contributed by atoms with Gasteiger partial charge in [-0.15, -0.1) is 0 Å². The molecule has 1 amide bonds. The summed E-state index contributed by atoms with van der Waals surface area (Å²) >= 11 is 3.39. The third kappa shape index (κ3) is 3.95. The monoisotopic (exact) mass is 372 g/mol. The molecule has 0 spiro atoms. The van der Waals surface area contributed by atoms with Gasteiger partial charge in [0.05, 0.1) is 18.5 Å². The molecule has 2 N–H and O–H groups in total. The second kappa shape index (κ2) is 7.06. The average Bonchev–Trinajstić information content (AvgIpc) is 3.09. The lowest BCUT2D eigenvalue weighted by Crippen LogP contribution is -2.15. The fourth-order valence-corrected chi connectivity index (χ4v) is 2.28. The van der Waals surface area contributed by atoms with Crippen LogP contribution < -0.4 is 10.6 Å². The lowest BCUT2D eigenvalue weighted by molar-refractivity contribution is 0.102. The molecule has 116 valence electrons. The highest BCUT2D eigenvalue weighted by molar-refractivity contribution is 9.10. The molecule has 3 aromatic rings. The summed E-state index contributed by atoms with van der Waals surface area (Å²) in [5.41, 5.74) is 0.957. The number of amides is 1. The molecule has 6 nitrogen and oxygen atoms in total. The van der Waals surface area contributed by atoms with E-state index in [4.69, 9.17) is 4.42 Å². The van der Waals surface area contributed by atoms with Crippen molar-refractivity contribution in [3.05, 3.63) is 70.9 Å². The van der Waals surface area contributed by atoms with Gasteiger partial charge in [-0.25, -0.2) is 9.97 Å². The molecule has 0 aliphatic carbocycles. The van der Waals surface area contributed by atoms with E-state index in [0.717, 1.165) is 10.2 Å². The minimum absolute atomic E-state index is 0.276.